The molecule has 1 aromatic heterocycles. The highest BCUT2D eigenvalue weighted by Gasteiger charge is 2.30. The van der Waals surface area contributed by atoms with Crippen molar-refractivity contribution >= 4 is 61.5 Å². The summed E-state index contributed by atoms with van der Waals surface area (Å²) in [5.41, 5.74) is -0.503. The van der Waals surface area contributed by atoms with Crippen molar-refractivity contribution in [1.82, 2.24) is 10.3 Å². The van der Waals surface area contributed by atoms with E-state index < -0.39 is 40.5 Å². The van der Waals surface area contributed by atoms with E-state index in [0.717, 1.165) is 7.11 Å². The minimum Gasteiger partial charge on any atom is -0.491 e. The maximum absolute atomic E-state index is 14.1. The average Bonchev–Trinajstić information content (AvgIpc) is 3.14. The molecule has 3 N–H and O–H groups in total. The van der Waals surface area contributed by atoms with E-state index in [4.69, 9.17) is 12.2 Å². The van der Waals surface area contributed by atoms with Crippen LogP contribution in [0.5, 0.6) is 5.75 Å². The van der Waals surface area contributed by atoms with Gasteiger partial charge in [0.15, 0.2) is 27.6 Å². The maximum atomic E-state index is 14.1. The summed E-state index contributed by atoms with van der Waals surface area (Å²) < 4.78 is 60.9. The first-order chi connectivity index (χ1) is 15.7. The van der Waals surface area contributed by atoms with Crippen LogP contribution in [-0.4, -0.2) is 29.0 Å². The van der Waals surface area contributed by atoms with E-state index in [2.05, 4.69) is 20.4 Å². The van der Waals surface area contributed by atoms with Crippen molar-refractivity contribution in [2.75, 3.05) is 17.7 Å². The van der Waals surface area contributed by atoms with Crippen LogP contribution < -0.4 is 20.7 Å². The Balaban J connectivity index is 1.74. The van der Waals surface area contributed by atoms with Crippen LogP contribution in [0, 0.1) is 23.3 Å². The van der Waals surface area contributed by atoms with Crippen LogP contribution >= 0.6 is 23.6 Å². The Bertz CT molecular complexity index is 1240. The number of benzene rings is 2. The molecule has 0 atom stereocenters. The number of hydrogen-bond acceptors (Lipinski definition) is 6. The Morgan fingerprint density at radius 2 is 1.76 bits per heavy atom. The van der Waals surface area contributed by atoms with Crippen molar-refractivity contribution in [3.8, 4) is 5.75 Å². The summed E-state index contributed by atoms with van der Waals surface area (Å²) in [6, 6.07) is 4.81. The van der Waals surface area contributed by atoms with Gasteiger partial charge < -0.3 is 15.4 Å². The number of thiazole rings is 1. The van der Waals surface area contributed by atoms with Crippen molar-refractivity contribution < 1.29 is 31.9 Å². The number of methoxy groups -OCH3 is 1. The lowest BCUT2D eigenvalue weighted by molar-refractivity contribution is -0.116. The van der Waals surface area contributed by atoms with Crippen LogP contribution in [0.1, 0.15) is 30.1 Å². The summed E-state index contributed by atoms with van der Waals surface area (Å²) in [5.74, 6) is -10.5. The summed E-state index contributed by atoms with van der Waals surface area (Å²) in [5, 5.41) is 7.32. The molecule has 0 saturated carbocycles. The number of hydrogen-bond donors (Lipinski definition) is 3. The normalized spacial score (nSPS) is 10.7. The van der Waals surface area contributed by atoms with Crippen LogP contribution in [0.25, 0.3) is 10.2 Å². The number of fused-ring (bicyclic) bond motifs is 1. The van der Waals surface area contributed by atoms with Crippen LogP contribution in [0.15, 0.2) is 18.2 Å². The third kappa shape index (κ3) is 5.20. The molecule has 1 heterocycles. The van der Waals surface area contributed by atoms with E-state index in [1.165, 1.54) is 11.3 Å². The molecule has 0 bridgehead atoms. The van der Waals surface area contributed by atoms with Crippen molar-refractivity contribution in [3.63, 3.8) is 0 Å². The number of thiocarbonyl (C=S) groups is 1. The van der Waals surface area contributed by atoms with Crippen molar-refractivity contribution in [2.45, 2.75) is 19.8 Å². The van der Waals surface area contributed by atoms with E-state index in [-0.39, 0.29) is 11.0 Å². The van der Waals surface area contributed by atoms with Gasteiger partial charge in [0, 0.05) is 12.1 Å². The second-order valence-corrected chi connectivity index (χ2v) is 8.01. The molecule has 174 valence electrons. The number of nitrogens with one attached hydrogen (secondary N) is 3. The molecule has 33 heavy (non-hydrogen) atoms. The summed E-state index contributed by atoms with van der Waals surface area (Å²) in [4.78, 5) is 28.2. The van der Waals surface area contributed by atoms with Crippen LogP contribution in [0.3, 0.4) is 0 Å². The molecule has 0 saturated heterocycles. The standard InChI is InChI=1S/C20H16F4N4O3S2/c1-3-4-11(29)27-20-26-9-6-5-8(7-10(9)33-20)25-19(32)28-18(30)12-13(21)15(23)17(31-2)16(24)14(12)22/h5-7H,3-4H2,1-2H3,(H,26,27,29)(H2,25,28,30,32). The van der Waals surface area contributed by atoms with Gasteiger partial charge >= 0.3 is 0 Å². The number of amides is 2. The number of carbonyl (C=O) groups is 2. The first kappa shape index (κ1) is 24.3. The predicted molar refractivity (Wildman–Crippen MR) is 120 cm³/mol. The fourth-order valence-electron chi connectivity index (χ4n) is 2.78. The van der Waals surface area contributed by atoms with Crippen LogP contribution in [0.2, 0.25) is 0 Å². The Hall–Kier alpha value is -3.32. The lowest BCUT2D eigenvalue weighted by Gasteiger charge is -2.12. The average molecular weight is 500 g/mol. The highest BCUT2D eigenvalue weighted by Crippen LogP contribution is 2.30. The molecule has 2 amide bonds. The third-order valence-electron chi connectivity index (χ3n) is 4.25. The van der Waals surface area contributed by atoms with Gasteiger partial charge in [-0.2, -0.15) is 8.78 Å². The molecule has 13 heteroatoms. The summed E-state index contributed by atoms with van der Waals surface area (Å²) >= 11 is 6.16. The van der Waals surface area contributed by atoms with E-state index in [9.17, 15) is 27.2 Å². The molecule has 3 rings (SSSR count). The van der Waals surface area contributed by atoms with Crippen LogP contribution in [-0.2, 0) is 4.79 Å². The molecule has 2 aromatic carbocycles. The van der Waals surface area contributed by atoms with Gasteiger partial charge in [0.25, 0.3) is 5.91 Å². The number of halogens is 4. The summed E-state index contributed by atoms with van der Waals surface area (Å²) in [6.45, 7) is 1.88. The Morgan fingerprint density at radius 3 is 2.36 bits per heavy atom. The molecule has 0 aliphatic heterocycles. The molecule has 0 radical (unpaired) electrons. The number of nitrogens with zero attached hydrogens (tertiary/aromatic N) is 1. The number of ether oxygens (including phenoxy) is 1. The zero-order valence-corrected chi connectivity index (χ0v) is 18.8. The smallest absolute Gasteiger partial charge is 0.263 e. The third-order valence-corrected chi connectivity index (χ3v) is 5.39. The van der Waals surface area contributed by atoms with E-state index >= 15 is 0 Å². The Labute approximate surface area is 194 Å². The fourth-order valence-corrected chi connectivity index (χ4v) is 3.91. The molecule has 0 spiro atoms. The molecule has 7 nitrogen and oxygen atoms in total. The molecular formula is C20H16F4N4O3S2. The maximum Gasteiger partial charge on any atom is 0.263 e. The number of aromatic nitrogens is 1. The lowest BCUT2D eigenvalue weighted by Crippen LogP contribution is -2.35. The van der Waals surface area contributed by atoms with Gasteiger partial charge in [-0.1, -0.05) is 18.3 Å². The Kier molecular flexibility index (Phi) is 7.43. The Morgan fingerprint density at radius 1 is 1.09 bits per heavy atom. The van der Waals surface area contributed by atoms with E-state index in [1.807, 2.05) is 12.2 Å². The van der Waals surface area contributed by atoms with Crippen LogP contribution in [0.4, 0.5) is 28.4 Å². The van der Waals surface area contributed by atoms with Gasteiger partial charge in [0.2, 0.25) is 17.5 Å². The minimum absolute atomic E-state index is 0.162. The van der Waals surface area contributed by atoms with Gasteiger partial charge in [-0.3, -0.25) is 14.9 Å². The monoisotopic (exact) mass is 500 g/mol. The van der Waals surface area contributed by atoms with Gasteiger partial charge in [0.1, 0.15) is 5.56 Å². The minimum atomic E-state index is -1.92. The predicted octanol–water partition coefficient (Wildman–Crippen LogP) is 4.73. The molecule has 0 fully saturated rings. The molecular weight excluding hydrogens is 484 g/mol. The lowest BCUT2D eigenvalue weighted by atomic mass is 10.1. The zero-order valence-electron chi connectivity index (χ0n) is 17.1. The van der Waals surface area contributed by atoms with Gasteiger partial charge in [-0.25, -0.2) is 13.8 Å². The second kappa shape index (κ2) is 10.1. The van der Waals surface area contributed by atoms with Crippen molar-refractivity contribution in [2.24, 2.45) is 0 Å². The SMILES string of the molecule is CCCC(=O)Nc1nc2ccc(NC(=S)NC(=O)c3c(F)c(F)c(OC)c(F)c3F)cc2s1. The van der Waals surface area contributed by atoms with E-state index in [1.54, 1.807) is 18.2 Å². The van der Waals surface area contributed by atoms with Crippen molar-refractivity contribution in [3.05, 3.63) is 47.0 Å². The van der Waals surface area contributed by atoms with Gasteiger partial charge in [-0.15, -0.1) is 0 Å². The number of anilines is 2. The molecule has 0 aliphatic rings. The molecule has 3 aromatic rings. The number of rotatable bonds is 6. The van der Waals surface area contributed by atoms with Gasteiger partial charge in [0.05, 0.1) is 17.3 Å². The molecule has 0 unspecified atom stereocenters. The zero-order chi connectivity index (χ0) is 24.3. The largest absolute Gasteiger partial charge is 0.491 e. The second-order valence-electron chi connectivity index (χ2n) is 6.57. The topological polar surface area (TPSA) is 92.4 Å². The quantitative estimate of drug-likeness (QED) is 0.258. The van der Waals surface area contributed by atoms with Crippen molar-refractivity contribution in [1.29, 1.82) is 0 Å². The summed E-state index contributed by atoms with van der Waals surface area (Å²) in [6.07, 6.45) is 1.05. The summed E-state index contributed by atoms with van der Waals surface area (Å²) in [7, 11) is 0.821. The number of carbonyl (C=O) groups excluding carboxylic acids is 2. The molecule has 0 aliphatic carbocycles. The highest BCUT2D eigenvalue weighted by atomic mass is 32.1. The van der Waals surface area contributed by atoms with E-state index in [0.29, 0.717) is 33.9 Å². The van der Waals surface area contributed by atoms with Gasteiger partial charge in [-0.05, 0) is 36.8 Å². The highest BCUT2D eigenvalue weighted by molar-refractivity contribution is 7.80. The fraction of sp³-hybridized carbons (Fsp3) is 0.200. The first-order valence-corrected chi connectivity index (χ1v) is 10.6. The first-order valence-electron chi connectivity index (χ1n) is 9.38.